The lowest BCUT2D eigenvalue weighted by Crippen LogP contribution is -2.45. The van der Waals surface area contributed by atoms with Crippen LogP contribution in [0, 0.1) is 6.92 Å². The number of aryl methyl sites for hydroxylation is 1. The van der Waals surface area contributed by atoms with Crippen LogP contribution in [0.3, 0.4) is 0 Å². The first kappa shape index (κ1) is 29.4. The number of alkyl halides is 3. The molecular weight excluding hydrogens is 565 g/mol. The lowest BCUT2D eigenvalue weighted by molar-refractivity contribution is -0.174. The van der Waals surface area contributed by atoms with Crippen LogP contribution in [0.15, 0.2) is 81.0 Å². The number of aromatic nitrogens is 1. The molecule has 11 heteroatoms. The number of sulfone groups is 1. The van der Waals surface area contributed by atoms with Crippen LogP contribution in [0.5, 0.6) is 0 Å². The Morgan fingerprint density at radius 2 is 1.60 bits per heavy atom. The zero-order valence-electron chi connectivity index (χ0n) is 24.1. The Hall–Kier alpha value is -4.12. The second-order valence-corrected chi connectivity index (χ2v) is 12.9. The van der Waals surface area contributed by atoms with Crippen LogP contribution >= 0.6 is 0 Å². The molecule has 2 heterocycles. The summed E-state index contributed by atoms with van der Waals surface area (Å²) in [5.41, 5.74) is 2.22. The molecule has 0 saturated heterocycles. The summed E-state index contributed by atoms with van der Waals surface area (Å²) >= 11 is 0. The van der Waals surface area contributed by atoms with Gasteiger partial charge in [0.05, 0.1) is 17.1 Å². The van der Waals surface area contributed by atoms with Gasteiger partial charge in [0, 0.05) is 44.1 Å². The topological polar surface area (TPSA) is 79.0 Å². The molecule has 0 aliphatic carbocycles. The van der Waals surface area contributed by atoms with E-state index in [2.05, 4.69) is 9.98 Å². The SMILES string of the molecule is CC1=NC(C)(C(F)(F)F)CN1c1ccc(-c2cccc(S(C)(=O)=O)c2)cc1-c1nc(C)oc1-c1ccc(N(C)C)cc1. The molecule has 220 valence electrons. The standard InChI is InChI=1S/C31H31F3N4O3S/c1-19-36-30(3,31(32,33)34)18-38(19)27-15-12-23(22-8-7-9-25(16-22)42(6,39)40)17-26(27)28-29(41-20(2)35-28)21-10-13-24(14-11-21)37(4)5/h7-17H,18H2,1-6H3. The van der Waals surface area contributed by atoms with Crippen molar-refractivity contribution in [2.24, 2.45) is 4.99 Å². The van der Waals surface area contributed by atoms with E-state index < -0.39 is 28.1 Å². The molecule has 0 N–H and O–H groups in total. The number of amidine groups is 1. The van der Waals surface area contributed by atoms with Crippen LogP contribution in [-0.4, -0.2) is 57.8 Å². The summed E-state index contributed by atoms with van der Waals surface area (Å²) in [6, 6.07) is 19.5. The quantitative estimate of drug-likeness (QED) is 0.238. The molecule has 1 aliphatic rings. The number of hydrogen-bond donors (Lipinski definition) is 0. The molecule has 1 unspecified atom stereocenters. The molecule has 3 aromatic carbocycles. The Kier molecular flexibility index (Phi) is 7.21. The van der Waals surface area contributed by atoms with Gasteiger partial charge < -0.3 is 14.2 Å². The van der Waals surface area contributed by atoms with Gasteiger partial charge in [0.25, 0.3) is 0 Å². The van der Waals surface area contributed by atoms with E-state index in [1.165, 1.54) is 6.07 Å². The fourth-order valence-electron chi connectivity index (χ4n) is 5.05. The van der Waals surface area contributed by atoms with E-state index in [0.29, 0.717) is 39.7 Å². The molecule has 4 aromatic rings. The molecule has 7 nitrogen and oxygen atoms in total. The Balaban J connectivity index is 1.71. The molecule has 42 heavy (non-hydrogen) atoms. The highest BCUT2D eigenvalue weighted by Gasteiger charge is 2.55. The maximum atomic E-state index is 14.0. The first-order chi connectivity index (χ1) is 19.6. The van der Waals surface area contributed by atoms with Gasteiger partial charge in [0.1, 0.15) is 11.5 Å². The normalized spacial score (nSPS) is 17.5. The van der Waals surface area contributed by atoms with Crippen molar-refractivity contribution in [1.82, 2.24) is 4.98 Å². The van der Waals surface area contributed by atoms with E-state index in [1.54, 1.807) is 49.1 Å². The third kappa shape index (κ3) is 5.40. The van der Waals surface area contributed by atoms with E-state index >= 15 is 0 Å². The minimum absolute atomic E-state index is 0.160. The van der Waals surface area contributed by atoms with Crippen molar-refractivity contribution >= 4 is 27.0 Å². The molecule has 1 aromatic heterocycles. The largest absolute Gasteiger partial charge is 0.440 e. The molecule has 0 saturated carbocycles. The number of aliphatic imine (C=N–C) groups is 1. The smallest absolute Gasteiger partial charge is 0.415 e. The monoisotopic (exact) mass is 596 g/mol. The number of halogens is 3. The van der Waals surface area contributed by atoms with Gasteiger partial charge in [-0.1, -0.05) is 18.2 Å². The fraction of sp³-hybridized carbons (Fsp3) is 0.290. The Morgan fingerprint density at radius 3 is 2.19 bits per heavy atom. The lowest BCUT2D eigenvalue weighted by atomic mass is 9.96. The van der Waals surface area contributed by atoms with Crippen LogP contribution in [0.2, 0.25) is 0 Å². The summed E-state index contributed by atoms with van der Waals surface area (Å²) in [6.07, 6.45) is -3.40. The van der Waals surface area contributed by atoms with E-state index in [1.807, 2.05) is 49.3 Å². The van der Waals surface area contributed by atoms with Gasteiger partial charge >= 0.3 is 6.18 Å². The molecular formula is C31H31F3N4O3S. The maximum Gasteiger partial charge on any atom is 0.415 e. The van der Waals surface area contributed by atoms with Crippen molar-refractivity contribution in [3.8, 4) is 33.7 Å². The molecule has 0 fully saturated rings. The highest BCUT2D eigenvalue weighted by molar-refractivity contribution is 7.90. The van der Waals surface area contributed by atoms with E-state index in [0.717, 1.165) is 24.4 Å². The molecule has 0 bridgehead atoms. The summed E-state index contributed by atoms with van der Waals surface area (Å²) in [4.78, 5) is 12.4. The Labute approximate surface area is 243 Å². The van der Waals surface area contributed by atoms with Gasteiger partial charge in [0.2, 0.25) is 0 Å². The average molecular weight is 597 g/mol. The molecule has 1 aliphatic heterocycles. The highest BCUT2D eigenvalue weighted by Crippen LogP contribution is 2.44. The van der Waals surface area contributed by atoms with Crippen LogP contribution in [0.1, 0.15) is 19.7 Å². The highest BCUT2D eigenvalue weighted by atomic mass is 32.2. The maximum absolute atomic E-state index is 14.0. The average Bonchev–Trinajstić information content (AvgIpc) is 3.47. The van der Waals surface area contributed by atoms with Crippen molar-refractivity contribution in [2.45, 2.75) is 37.4 Å². The third-order valence-corrected chi connectivity index (χ3v) is 8.50. The number of benzene rings is 3. The molecule has 0 radical (unpaired) electrons. The van der Waals surface area contributed by atoms with Gasteiger partial charge in [0.15, 0.2) is 27.0 Å². The van der Waals surface area contributed by atoms with E-state index in [4.69, 9.17) is 4.42 Å². The first-order valence-corrected chi connectivity index (χ1v) is 15.1. The van der Waals surface area contributed by atoms with Crippen molar-refractivity contribution < 1.29 is 26.0 Å². The Bertz CT molecular complexity index is 1790. The summed E-state index contributed by atoms with van der Waals surface area (Å²) < 4.78 is 72.6. The number of nitrogens with zero attached hydrogens (tertiary/aromatic N) is 4. The van der Waals surface area contributed by atoms with Crippen LogP contribution < -0.4 is 9.80 Å². The zero-order chi connectivity index (χ0) is 30.6. The Morgan fingerprint density at radius 1 is 0.952 bits per heavy atom. The first-order valence-electron chi connectivity index (χ1n) is 13.2. The van der Waals surface area contributed by atoms with Gasteiger partial charge in [-0.15, -0.1) is 0 Å². The predicted molar refractivity (Wildman–Crippen MR) is 160 cm³/mol. The fourth-order valence-corrected chi connectivity index (χ4v) is 5.72. The van der Waals surface area contributed by atoms with Crippen LogP contribution in [-0.2, 0) is 9.84 Å². The van der Waals surface area contributed by atoms with Crippen molar-refractivity contribution in [1.29, 1.82) is 0 Å². The minimum atomic E-state index is -4.54. The van der Waals surface area contributed by atoms with Gasteiger partial charge in [-0.05, 0) is 73.5 Å². The molecule has 0 amide bonds. The number of rotatable bonds is 6. The van der Waals surface area contributed by atoms with Gasteiger partial charge in [-0.2, -0.15) is 13.2 Å². The van der Waals surface area contributed by atoms with Gasteiger partial charge in [-0.25, -0.2) is 13.4 Å². The minimum Gasteiger partial charge on any atom is -0.440 e. The summed E-state index contributed by atoms with van der Waals surface area (Å²) in [6.45, 7) is 3.95. The number of hydrogen-bond acceptors (Lipinski definition) is 7. The summed E-state index contributed by atoms with van der Waals surface area (Å²) in [5, 5.41) is 0. The van der Waals surface area contributed by atoms with E-state index in [-0.39, 0.29) is 10.7 Å². The number of anilines is 2. The van der Waals surface area contributed by atoms with Crippen molar-refractivity contribution in [3.05, 3.63) is 72.6 Å². The van der Waals surface area contributed by atoms with E-state index in [9.17, 15) is 21.6 Å². The zero-order valence-corrected chi connectivity index (χ0v) is 24.9. The second kappa shape index (κ2) is 10.3. The lowest BCUT2D eigenvalue weighted by Gasteiger charge is -2.28. The summed E-state index contributed by atoms with van der Waals surface area (Å²) in [5.74, 6) is 1.08. The van der Waals surface area contributed by atoms with Crippen LogP contribution in [0.4, 0.5) is 24.5 Å². The molecule has 5 rings (SSSR count). The second-order valence-electron chi connectivity index (χ2n) is 10.9. The summed E-state index contributed by atoms with van der Waals surface area (Å²) in [7, 11) is 0.408. The predicted octanol–water partition coefficient (Wildman–Crippen LogP) is 7.01. The third-order valence-electron chi connectivity index (χ3n) is 7.39. The van der Waals surface area contributed by atoms with Crippen molar-refractivity contribution in [3.63, 3.8) is 0 Å². The molecule has 0 spiro atoms. The molecule has 1 atom stereocenters. The number of oxazole rings is 1. The van der Waals surface area contributed by atoms with Gasteiger partial charge in [-0.3, -0.25) is 4.99 Å². The van der Waals surface area contributed by atoms with Crippen molar-refractivity contribution in [2.75, 3.05) is 36.7 Å². The van der Waals surface area contributed by atoms with Crippen LogP contribution in [0.25, 0.3) is 33.7 Å².